The average molecular weight is 384 g/mol. The predicted molar refractivity (Wildman–Crippen MR) is 116 cm³/mol. The molecule has 1 aliphatic heterocycles. The van der Waals surface area contributed by atoms with Crippen LogP contribution in [-0.4, -0.2) is 29.9 Å². The van der Waals surface area contributed by atoms with Crippen molar-refractivity contribution in [3.05, 3.63) is 90.0 Å². The van der Waals surface area contributed by atoms with Gasteiger partial charge < -0.3 is 4.90 Å². The van der Waals surface area contributed by atoms with E-state index in [9.17, 15) is 9.59 Å². The standard InChI is InChI=1S/C25H24N2O2/c1-19-9-15-23(16-10-19)27(18-26-17-5-8-24(26)28)25(29)22-13-11-21(12-14-22)20-6-3-2-4-7-20/h2-4,6-7,9-16H,5,8,17-18H2,1H3. The van der Waals surface area contributed by atoms with Crippen LogP contribution in [0.25, 0.3) is 11.1 Å². The highest BCUT2D eigenvalue weighted by molar-refractivity contribution is 6.06. The Morgan fingerprint density at radius 3 is 2.17 bits per heavy atom. The van der Waals surface area contributed by atoms with Crippen LogP contribution in [0.15, 0.2) is 78.9 Å². The molecule has 0 spiro atoms. The molecular formula is C25H24N2O2. The fourth-order valence-electron chi connectivity index (χ4n) is 3.60. The number of hydrogen-bond donors (Lipinski definition) is 0. The zero-order chi connectivity index (χ0) is 20.2. The van der Waals surface area contributed by atoms with Gasteiger partial charge in [-0.15, -0.1) is 0 Å². The first-order valence-corrected chi connectivity index (χ1v) is 9.93. The lowest BCUT2D eigenvalue weighted by Crippen LogP contribution is -2.42. The molecule has 4 rings (SSSR count). The summed E-state index contributed by atoms with van der Waals surface area (Å²) in [6.07, 6.45) is 1.40. The summed E-state index contributed by atoms with van der Waals surface area (Å²) in [6, 6.07) is 25.6. The molecule has 1 saturated heterocycles. The van der Waals surface area contributed by atoms with E-state index >= 15 is 0 Å². The van der Waals surface area contributed by atoms with E-state index in [1.54, 1.807) is 9.80 Å². The van der Waals surface area contributed by atoms with Gasteiger partial charge >= 0.3 is 0 Å². The van der Waals surface area contributed by atoms with Crippen LogP contribution in [0.5, 0.6) is 0 Å². The van der Waals surface area contributed by atoms with E-state index in [2.05, 4.69) is 12.1 Å². The first-order valence-electron chi connectivity index (χ1n) is 9.93. The van der Waals surface area contributed by atoms with Gasteiger partial charge in [0.25, 0.3) is 5.91 Å². The summed E-state index contributed by atoms with van der Waals surface area (Å²) in [4.78, 5) is 29.0. The molecular weight excluding hydrogens is 360 g/mol. The Morgan fingerprint density at radius 2 is 1.55 bits per heavy atom. The van der Waals surface area contributed by atoms with Gasteiger partial charge in [-0.2, -0.15) is 0 Å². The Hall–Kier alpha value is -3.40. The largest absolute Gasteiger partial charge is 0.324 e. The first kappa shape index (κ1) is 18.9. The molecule has 0 N–H and O–H groups in total. The number of anilines is 1. The highest BCUT2D eigenvalue weighted by Crippen LogP contribution is 2.23. The maximum Gasteiger partial charge on any atom is 0.259 e. The zero-order valence-corrected chi connectivity index (χ0v) is 16.5. The molecule has 0 unspecified atom stereocenters. The van der Waals surface area contributed by atoms with Crippen LogP contribution in [-0.2, 0) is 4.79 Å². The van der Waals surface area contributed by atoms with Crippen molar-refractivity contribution in [1.29, 1.82) is 0 Å². The third-order valence-electron chi connectivity index (χ3n) is 5.31. The van der Waals surface area contributed by atoms with Crippen molar-refractivity contribution in [3.8, 4) is 11.1 Å². The quantitative estimate of drug-likeness (QED) is 0.628. The number of likely N-dealkylation sites (tertiary alicyclic amines) is 1. The molecule has 2 amide bonds. The number of nitrogens with zero attached hydrogens (tertiary/aromatic N) is 2. The van der Waals surface area contributed by atoms with Crippen LogP contribution in [0.2, 0.25) is 0 Å². The van der Waals surface area contributed by atoms with Gasteiger partial charge in [0.2, 0.25) is 5.91 Å². The zero-order valence-electron chi connectivity index (χ0n) is 16.5. The lowest BCUT2D eigenvalue weighted by molar-refractivity contribution is -0.127. The van der Waals surface area contributed by atoms with Gasteiger partial charge in [-0.05, 0) is 48.7 Å². The molecule has 146 valence electrons. The SMILES string of the molecule is Cc1ccc(N(CN2CCCC2=O)C(=O)c2ccc(-c3ccccc3)cc2)cc1. The molecule has 0 saturated carbocycles. The van der Waals surface area contributed by atoms with Gasteiger partial charge in [-0.1, -0.05) is 60.2 Å². The van der Waals surface area contributed by atoms with Gasteiger partial charge in [0.05, 0.1) is 0 Å². The van der Waals surface area contributed by atoms with Gasteiger partial charge in [-0.3, -0.25) is 14.5 Å². The number of amides is 2. The fraction of sp³-hybridized carbons (Fsp3) is 0.200. The van der Waals surface area contributed by atoms with Crippen LogP contribution in [0.4, 0.5) is 5.69 Å². The Morgan fingerprint density at radius 1 is 0.897 bits per heavy atom. The van der Waals surface area contributed by atoms with E-state index in [1.165, 1.54) is 0 Å². The molecule has 0 radical (unpaired) electrons. The summed E-state index contributed by atoms with van der Waals surface area (Å²) in [5.41, 5.74) is 4.72. The Bertz CT molecular complexity index is 995. The van der Waals surface area contributed by atoms with Crippen LogP contribution in [0.1, 0.15) is 28.8 Å². The number of aryl methyl sites for hydroxylation is 1. The Balaban J connectivity index is 1.61. The lowest BCUT2D eigenvalue weighted by Gasteiger charge is -2.28. The number of carbonyl (C=O) groups excluding carboxylic acids is 2. The van der Waals surface area contributed by atoms with E-state index in [0.29, 0.717) is 18.5 Å². The number of benzene rings is 3. The van der Waals surface area contributed by atoms with Crippen molar-refractivity contribution in [2.75, 3.05) is 18.1 Å². The van der Waals surface area contributed by atoms with E-state index in [1.807, 2.05) is 73.7 Å². The minimum atomic E-state index is -0.104. The number of carbonyl (C=O) groups is 2. The molecule has 3 aromatic rings. The summed E-state index contributed by atoms with van der Waals surface area (Å²) in [5.74, 6) is 0.00232. The van der Waals surface area contributed by atoms with Gasteiger partial charge in [0.1, 0.15) is 6.67 Å². The molecule has 4 heteroatoms. The minimum absolute atomic E-state index is 0.104. The van der Waals surface area contributed by atoms with Crippen LogP contribution in [0, 0.1) is 6.92 Å². The fourth-order valence-corrected chi connectivity index (χ4v) is 3.60. The summed E-state index contributed by atoms with van der Waals surface area (Å²) in [5, 5.41) is 0. The van der Waals surface area contributed by atoms with Crippen molar-refractivity contribution < 1.29 is 9.59 Å². The molecule has 0 aliphatic carbocycles. The first-order chi connectivity index (χ1) is 14.1. The van der Waals surface area contributed by atoms with Crippen molar-refractivity contribution in [2.45, 2.75) is 19.8 Å². The third kappa shape index (κ3) is 4.21. The average Bonchev–Trinajstić information content (AvgIpc) is 3.17. The Labute approximate surface area is 171 Å². The minimum Gasteiger partial charge on any atom is -0.324 e. The summed E-state index contributed by atoms with van der Waals surface area (Å²) >= 11 is 0. The van der Waals surface area contributed by atoms with Crippen molar-refractivity contribution in [2.24, 2.45) is 0 Å². The maximum atomic E-state index is 13.4. The topological polar surface area (TPSA) is 40.6 Å². The third-order valence-corrected chi connectivity index (χ3v) is 5.31. The number of hydrogen-bond acceptors (Lipinski definition) is 2. The highest BCUT2D eigenvalue weighted by Gasteiger charge is 2.26. The van der Waals surface area contributed by atoms with Crippen LogP contribution < -0.4 is 4.90 Å². The molecule has 3 aromatic carbocycles. The summed E-state index contributed by atoms with van der Waals surface area (Å²) in [6.45, 7) is 2.99. The normalized spacial score (nSPS) is 13.6. The summed E-state index contributed by atoms with van der Waals surface area (Å²) < 4.78 is 0. The van der Waals surface area contributed by atoms with Crippen LogP contribution in [0.3, 0.4) is 0 Å². The van der Waals surface area contributed by atoms with E-state index in [-0.39, 0.29) is 18.5 Å². The van der Waals surface area contributed by atoms with E-state index in [0.717, 1.165) is 28.8 Å². The predicted octanol–water partition coefficient (Wildman–Crippen LogP) is 4.89. The molecule has 0 bridgehead atoms. The van der Waals surface area contributed by atoms with Gasteiger partial charge in [-0.25, -0.2) is 0 Å². The summed E-state index contributed by atoms with van der Waals surface area (Å²) in [7, 11) is 0. The highest BCUT2D eigenvalue weighted by atomic mass is 16.2. The monoisotopic (exact) mass is 384 g/mol. The van der Waals surface area contributed by atoms with Gasteiger partial charge in [0, 0.05) is 24.2 Å². The smallest absolute Gasteiger partial charge is 0.259 e. The van der Waals surface area contributed by atoms with Gasteiger partial charge in [0.15, 0.2) is 0 Å². The molecule has 0 atom stereocenters. The second-order valence-corrected chi connectivity index (χ2v) is 7.41. The molecule has 29 heavy (non-hydrogen) atoms. The van der Waals surface area contributed by atoms with Crippen molar-refractivity contribution >= 4 is 17.5 Å². The number of rotatable bonds is 5. The van der Waals surface area contributed by atoms with Crippen molar-refractivity contribution in [1.82, 2.24) is 4.90 Å². The lowest BCUT2D eigenvalue weighted by atomic mass is 10.0. The Kier molecular flexibility index (Phi) is 5.43. The second kappa shape index (κ2) is 8.31. The van der Waals surface area contributed by atoms with Crippen LogP contribution >= 0.6 is 0 Å². The van der Waals surface area contributed by atoms with Crippen molar-refractivity contribution in [3.63, 3.8) is 0 Å². The van der Waals surface area contributed by atoms with E-state index in [4.69, 9.17) is 0 Å². The van der Waals surface area contributed by atoms with E-state index < -0.39 is 0 Å². The molecule has 1 aliphatic rings. The molecule has 4 nitrogen and oxygen atoms in total. The molecule has 1 fully saturated rings. The molecule has 1 heterocycles. The second-order valence-electron chi connectivity index (χ2n) is 7.41. The molecule has 0 aromatic heterocycles. The maximum absolute atomic E-state index is 13.4.